The molecule has 4 nitrogen and oxygen atoms in total. The highest BCUT2D eigenvalue weighted by atomic mass is 31.1. The van der Waals surface area contributed by atoms with Gasteiger partial charge in [-0.2, -0.15) is 0 Å². The van der Waals surface area contributed by atoms with Crippen LogP contribution >= 0.6 is 15.8 Å². The molecule has 0 amide bonds. The number of ether oxygens (including phenoxy) is 2. The zero-order chi connectivity index (χ0) is 26.7. The molecule has 192 valence electrons. The predicted octanol–water partition coefficient (Wildman–Crippen LogP) is 5.59. The zero-order valence-electron chi connectivity index (χ0n) is 21.5. The molecular formula is C32H30O4P2. The molecule has 0 heterocycles. The van der Waals surface area contributed by atoms with Gasteiger partial charge in [0.15, 0.2) is 0 Å². The largest absolute Gasteiger partial charge is 0.462 e. The van der Waals surface area contributed by atoms with Crippen LogP contribution in [-0.4, -0.2) is 25.2 Å². The van der Waals surface area contributed by atoms with Gasteiger partial charge in [-0.1, -0.05) is 121 Å². The molecule has 0 atom stereocenters. The Balaban J connectivity index is 2.13. The Morgan fingerprint density at radius 3 is 0.921 bits per heavy atom. The van der Waals surface area contributed by atoms with Gasteiger partial charge in [-0.3, -0.25) is 0 Å². The maximum Gasteiger partial charge on any atom is 0.340 e. The van der Waals surface area contributed by atoms with Crippen LogP contribution in [0.5, 0.6) is 0 Å². The van der Waals surface area contributed by atoms with Crippen molar-refractivity contribution >= 4 is 49.0 Å². The summed E-state index contributed by atoms with van der Waals surface area (Å²) in [5.41, 5.74) is 0. The Hall–Kier alpha value is -3.58. The molecule has 0 aromatic heterocycles. The minimum Gasteiger partial charge on any atom is -0.462 e. The van der Waals surface area contributed by atoms with Crippen molar-refractivity contribution < 1.29 is 19.1 Å². The first-order valence-electron chi connectivity index (χ1n) is 12.5. The number of carbonyl (C=O) groups excluding carboxylic acids is 2. The van der Waals surface area contributed by atoms with Gasteiger partial charge in [0.05, 0.1) is 23.8 Å². The maximum absolute atomic E-state index is 14.0. The molecule has 38 heavy (non-hydrogen) atoms. The quantitative estimate of drug-likeness (QED) is 0.150. The van der Waals surface area contributed by atoms with Crippen LogP contribution in [0.25, 0.3) is 0 Å². The molecule has 4 aromatic carbocycles. The van der Waals surface area contributed by atoms with Gasteiger partial charge >= 0.3 is 11.9 Å². The summed E-state index contributed by atoms with van der Waals surface area (Å²) < 4.78 is 11.4. The van der Waals surface area contributed by atoms with Crippen LogP contribution in [0.4, 0.5) is 0 Å². The Morgan fingerprint density at radius 1 is 0.474 bits per heavy atom. The average Bonchev–Trinajstić information content (AvgIpc) is 2.97. The number of rotatable bonds is 10. The van der Waals surface area contributed by atoms with Crippen molar-refractivity contribution in [3.8, 4) is 0 Å². The molecule has 4 aromatic rings. The summed E-state index contributed by atoms with van der Waals surface area (Å²) in [7, 11) is -2.88. The van der Waals surface area contributed by atoms with E-state index in [1.165, 1.54) is 0 Å². The van der Waals surface area contributed by atoms with Gasteiger partial charge in [0.1, 0.15) is 0 Å². The Labute approximate surface area is 226 Å². The van der Waals surface area contributed by atoms with E-state index in [4.69, 9.17) is 9.47 Å². The summed E-state index contributed by atoms with van der Waals surface area (Å²) in [6.07, 6.45) is 0. The molecule has 0 N–H and O–H groups in total. The van der Waals surface area contributed by atoms with Crippen LogP contribution in [0.15, 0.2) is 132 Å². The fraction of sp³-hybridized carbons (Fsp3) is 0.125. The molecule has 0 aliphatic rings. The number of carbonyl (C=O) groups is 2. The SMILES string of the molecule is CCOC(=O)/C(=C(\C(=O)OCC)P(c1ccccc1)c1ccccc1)P(c1ccccc1)c1ccccc1. The van der Waals surface area contributed by atoms with E-state index in [1.54, 1.807) is 13.8 Å². The third-order valence-corrected chi connectivity index (χ3v) is 10.8. The molecule has 0 saturated heterocycles. The van der Waals surface area contributed by atoms with Crippen molar-refractivity contribution in [2.75, 3.05) is 13.2 Å². The second-order valence-corrected chi connectivity index (χ2v) is 12.5. The first-order chi connectivity index (χ1) is 18.7. The molecule has 6 heteroatoms. The minimum atomic E-state index is -1.44. The van der Waals surface area contributed by atoms with E-state index >= 15 is 0 Å². The second-order valence-electron chi connectivity index (χ2n) is 8.15. The highest BCUT2D eigenvalue weighted by Crippen LogP contribution is 2.54. The summed E-state index contributed by atoms with van der Waals surface area (Å²) in [6.45, 7) is 3.95. The third kappa shape index (κ3) is 6.45. The molecule has 0 radical (unpaired) electrons. The predicted molar refractivity (Wildman–Crippen MR) is 158 cm³/mol. The summed E-state index contributed by atoms with van der Waals surface area (Å²) in [5, 5.41) is 4.56. The first kappa shape index (κ1) is 27.5. The summed E-state index contributed by atoms with van der Waals surface area (Å²) >= 11 is 0. The van der Waals surface area contributed by atoms with Crippen molar-refractivity contribution in [3.05, 3.63) is 132 Å². The average molecular weight is 541 g/mol. The van der Waals surface area contributed by atoms with E-state index in [2.05, 4.69) is 0 Å². The fourth-order valence-corrected chi connectivity index (χ4v) is 9.32. The lowest BCUT2D eigenvalue weighted by molar-refractivity contribution is -0.140. The van der Waals surface area contributed by atoms with E-state index in [0.717, 1.165) is 21.2 Å². The first-order valence-corrected chi connectivity index (χ1v) is 15.2. The molecule has 0 bridgehead atoms. The van der Waals surface area contributed by atoms with Gasteiger partial charge < -0.3 is 9.47 Å². The molecule has 0 aliphatic heterocycles. The van der Waals surface area contributed by atoms with Gasteiger partial charge in [-0.25, -0.2) is 9.59 Å². The van der Waals surface area contributed by atoms with Crippen molar-refractivity contribution in [1.29, 1.82) is 0 Å². The van der Waals surface area contributed by atoms with Gasteiger partial charge in [0, 0.05) is 0 Å². The van der Waals surface area contributed by atoms with Crippen molar-refractivity contribution in [2.24, 2.45) is 0 Å². The highest BCUT2D eigenvalue weighted by molar-refractivity contribution is 7.82. The van der Waals surface area contributed by atoms with E-state index < -0.39 is 27.8 Å². The number of esters is 2. The summed E-state index contributed by atoms with van der Waals surface area (Å²) in [5.74, 6) is -0.984. The molecule has 4 rings (SSSR count). The molecule has 0 aliphatic carbocycles. The van der Waals surface area contributed by atoms with Crippen LogP contribution in [0.2, 0.25) is 0 Å². The molecule has 0 fully saturated rings. The van der Waals surface area contributed by atoms with Gasteiger partial charge in [0.2, 0.25) is 0 Å². The molecular weight excluding hydrogens is 510 g/mol. The Bertz CT molecular complexity index is 1170. The van der Waals surface area contributed by atoms with Crippen LogP contribution in [0, 0.1) is 0 Å². The van der Waals surface area contributed by atoms with E-state index in [-0.39, 0.29) is 13.2 Å². The van der Waals surface area contributed by atoms with Crippen LogP contribution in [0.1, 0.15) is 13.8 Å². The topological polar surface area (TPSA) is 52.6 Å². The van der Waals surface area contributed by atoms with E-state index in [1.807, 2.05) is 121 Å². The number of hydrogen-bond donors (Lipinski definition) is 0. The third-order valence-electron chi connectivity index (χ3n) is 5.67. The molecule has 0 saturated carbocycles. The fourth-order valence-electron chi connectivity index (χ4n) is 4.11. The van der Waals surface area contributed by atoms with Crippen LogP contribution in [0.3, 0.4) is 0 Å². The lowest BCUT2D eigenvalue weighted by Gasteiger charge is -2.28. The number of benzene rings is 4. The summed E-state index contributed by atoms with van der Waals surface area (Å²) in [6, 6.07) is 39.5. The molecule has 0 spiro atoms. The minimum absolute atomic E-state index is 0.194. The number of hydrogen-bond acceptors (Lipinski definition) is 4. The van der Waals surface area contributed by atoms with Gasteiger partial charge in [-0.15, -0.1) is 0 Å². The second kappa shape index (κ2) is 13.8. The maximum atomic E-state index is 14.0. The van der Waals surface area contributed by atoms with E-state index in [9.17, 15) is 9.59 Å². The van der Waals surface area contributed by atoms with Crippen LogP contribution < -0.4 is 21.2 Å². The monoisotopic (exact) mass is 540 g/mol. The Kier molecular flexibility index (Phi) is 9.98. The highest BCUT2D eigenvalue weighted by Gasteiger charge is 2.37. The lowest BCUT2D eigenvalue weighted by Crippen LogP contribution is -2.26. The summed E-state index contributed by atoms with van der Waals surface area (Å²) in [4.78, 5) is 28.0. The van der Waals surface area contributed by atoms with Crippen molar-refractivity contribution in [3.63, 3.8) is 0 Å². The zero-order valence-corrected chi connectivity index (χ0v) is 23.3. The lowest BCUT2D eigenvalue weighted by atomic mass is 10.4. The van der Waals surface area contributed by atoms with Gasteiger partial charge in [-0.05, 0) is 50.9 Å². The standard InChI is InChI=1S/C32H30O4P2/c1-3-35-31(33)29(37(25-17-9-5-10-18-25)26-19-11-6-12-20-26)30(32(34)36-4-2)38(27-21-13-7-14-22-27)28-23-15-8-16-24-28/h5-24H,3-4H2,1-2H3/b30-29-. The van der Waals surface area contributed by atoms with Gasteiger partial charge in [0.25, 0.3) is 0 Å². The van der Waals surface area contributed by atoms with Crippen molar-refractivity contribution in [1.82, 2.24) is 0 Å². The van der Waals surface area contributed by atoms with Crippen LogP contribution in [-0.2, 0) is 19.1 Å². The smallest absolute Gasteiger partial charge is 0.340 e. The van der Waals surface area contributed by atoms with E-state index in [0.29, 0.717) is 10.6 Å². The Morgan fingerprint density at radius 2 is 0.711 bits per heavy atom. The molecule has 0 unspecified atom stereocenters. The normalized spacial score (nSPS) is 11.7. The van der Waals surface area contributed by atoms with Crippen molar-refractivity contribution in [2.45, 2.75) is 13.8 Å².